The van der Waals surface area contributed by atoms with E-state index in [9.17, 15) is 4.79 Å². The van der Waals surface area contributed by atoms with Crippen LogP contribution in [-0.4, -0.2) is 22.4 Å². The van der Waals surface area contributed by atoms with Crippen LogP contribution >= 0.6 is 0 Å². The van der Waals surface area contributed by atoms with E-state index in [0.717, 1.165) is 12.2 Å². The molecule has 20 heavy (non-hydrogen) atoms. The normalized spacial score (nSPS) is 11.7. The molecule has 5 heteroatoms. The van der Waals surface area contributed by atoms with Gasteiger partial charge in [0.15, 0.2) is 0 Å². The fourth-order valence-corrected chi connectivity index (χ4v) is 1.82. The molecule has 0 fully saturated rings. The van der Waals surface area contributed by atoms with E-state index in [1.807, 2.05) is 44.2 Å². The number of nitrogens with one attached hydrogen (secondary N) is 2. The number of amides is 1. The number of hydrogen-bond acceptors (Lipinski definition) is 4. The van der Waals surface area contributed by atoms with E-state index in [1.165, 1.54) is 0 Å². The van der Waals surface area contributed by atoms with Gasteiger partial charge in [0, 0.05) is 12.7 Å². The third kappa shape index (κ3) is 3.54. The number of anilines is 1. The van der Waals surface area contributed by atoms with Crippen LogP contribution in [0.3, 0.4) is 0 Å². The van der Waals surface area contributed by atoms with E-state index in [2.05, 4.69) is 20.6 Å². The molecule has 0 aliphatic carbocycles. The first-order valence-corrected chi connectivity index (χ1v) is 6.63. The molecular formula is C15H18N4O. The molecule has 2 heterocycles. The molecule has 1 unspecified atom stereocenters. The number of carbonyl (C=O) groups is 1. The molecule has 0 saturated heterocycles. The van der Waals surface area contributed by atoms with Gasteiger partial charge in [-0.2, -0.15) is 0 Å². The van der Waals surface area contributed by atoms with Crippen molar-refractivity contribution in [2.24, 2.45) is 0 Å². The van der Waals surface area contributed by atoms with Gasteiger partial charge in [-0.15, -0.1) is 0 Å². The second-order valence-electron chi connectivity index (χ2n) is 4.39. The molecule has 2 N–H and O–H groups in total. The van der Waals surface area contributed by atoms with Gasteiger partial charge in [-0.3, -0.25) is 9.78 Å². The van der Waals surface area contributed by atoms with Crippen LogP contribution in [0.5, 0.6) is 0 Å². The Labute approximate surface area is 118 Å². The van der Waals surface area contributed by atoms with Crippen LogP contribution in [0.1, 0.15) is 36.1 Å². The summed E-state index contributed by atoms with van der Waals surface area (Å²) in [5.74, 6) is 0.494. The minimum Gasteiger partial charge on any atom is -0.370 e. The first kappa shape index (κ1) is 14.0. The van der Waals surface area contributed by atoms with Crippen molar-refractivity contribution in [3.63, 3.8) is 0 Å². The summed E-state index contributed by atoms with van der Waals surface area (Å²) < 4.78 is 0. The summed E-state index contributed by atoms with van der Waals surface area (Å²) in [4.78, 5) is 20.6. The van der Waals surface area contributed by atoms with Gasteiger partial charge >= 0.3 is 0 Å². The van der Waals surface area contributed by atoms with Crippen LogP contribution in [0, 0.1) is 0 Å². The second-order valence-corrected chi connectivity index (χ2v) is 4.39. The highest BCUT2D eigenvalue weighted by Gasteiger charge is 2.13. The van der Waals surface area contributed by atoms with E-state index < -0.39 is 0 Å². The molecule has 5 nitrogen and oxygen atoms in total. The smallest absolute Gasteiger partial charge is 0.270 e. The summed E-state index contributed by atoms with van der Waals surface area (Å²) in [7, 11) is 0. The van der Waals surface area contributed by atoms with Gasteiger partial charge in [0.2, 0.25) is 0 Å². The summed E-state index contributed by atoms with van der Waals surface area (Å²) in [5, 5.41) is 5.97. The van der Waals surface area contributed by atoms with Gasteiger partial charge in [-0.1, -0.05) is 12.1 Å². The largest absolute Gasteiger partial charge is 0.370 e. The monoisotopic (exact) mass is 270 g/mol. The van der Waals surface area contributed by atoms with Gasteiger partial charge in [-0.25, -0.2) is 4.98 Å². The zero-order valence-corrected chi connectivity index (χ0v) is 11.6. The molecule has 0 radical (unpaired) electrons. The lowest BCUT2D eigenvalue weighted by Gasteiger charge is -2.13. The molecular weight excluding hydrogens is 252 g/mol. The molecule has 2 rings (SSSR count). The lowest BCUT2D eigenvalue weighted by atomic mass is 10.2. The summed E-state index contributed by atoms with van der Waals surface area (Å²) in [5.41, 5.74) is 1.22. The standard InChI is InChI=1S/C15H18N4O/c1-3-16-14-9-6-8-13(19-14)15(20)18-11(2)12-7-4-5-10-17-12/h4-11H,3H2,1-2H3,(H,16,19)(H,18,20). The number of carbonyl (C=O) groups excluding carboxylic acids is 1. The molecule has 104 valence electrons. The van der Waals surface area contributed by atoms with Crippen LogP contribution in [0.4, 0.5) is 5.82 Å². The van der Waals surface area contributed by atoms with Crippen molar-refractivity contribution in [2.45, 2.75) is 19.9 Å². The maximum absolute atomic E-state index is 12.2. The van der Waals surface area contributed by atoms with Gasteiger partial charge < -0.3 is 10.6 Å². The molecule has 2 aromatic heterocycles. The zero-order chi connectivity index (χ0) is 14.4. The van der Waals surface area contributed by atoms with Crippen molar-refractivity contribution in [1.82, 2.24) is 15.3 Å². The van der Waals surface area contributed by atoms with E-state index >= 15 is 0 Å². The van der Waals surface area contributed by atoms with Crippen molar-refractivity contribution >= 4 is 11.7 Å². The third-order valence-corrected chi connectivity index (χ3v) is 2.82. The maximum Gasteiger partial charge on any atom is 0.270 e. The predicted octanol–water partition coefficient (Wildman–Crippen LogP) is 2.40. The average molecular weight is 270 g/mol. The van der Waals surface area contributed by atoms with E-state index in [4.69, 9.17) is 0 Å². The molecule has 2 aromatic rings. The molecule has 0 spiro atoms. The lowest BCUT2D eigenvalue weighted by molar-refractivity contribution is 0.0934. The van der Waals surface area contributed by atoms with Crippen molar-refractivity contribution in [1.29, 1.82) is 0 Å². The molecule has 0 saturated carbocycles. The van der Waals surface area contributed by atoms with Gasteiger partial charge in [0.05, 0.1) is 11.7 Å². The van der Waals surface area contributed by atoms with Crippen molar-refractivity contribution in [3.05, 3.63) is 54.0 Å². The average Bonchev–Trinajstić information content (AvgIpc) is 2.48. The van der Waals surface area contributed by atoms with Crippen LogP contribution in [0.2, 0.25) is 0 Å². The number of pyridine rings is 2. The minimum atomic E-state index is -0.206. The van der Waals surface area contributed by atoms with E-state index in [1.54, 1.807) is 12.3 Å². The Morgan fingerprint density at radius 2 is 2.10 bits per heavy atom. The molecule has 0 aliphatic rings. The Morgan fingerprint density at radius 1 is 1.25 bits per heavy atom. The van der Waals surface area contributed by atoms with Crippen LogP contribution in [0.15, 0.2) is 42.6 Å². The molecule has 0 aromatic carbocycles. The first-order chi connectivity index (χ1) is 9.70. The van der Waals surface area contributed by atoms with E-state index in [0.29, 0.717) is 11.5 Å². The van der Waals surface area contributed by atoms with Gasteiger partial charge in [0.25, 0.3) is 5.91 Å². The first-order valence-electron chi connectivity index (χ1n) is 6.63. The zero-order valence-electron chi connectivity index (χ0n) is 11.6. The highest BCUT2D eigenvalue weighted by molar-refractivity contribution is 5.92. The Morgan fingerprint density at radius 3 is 2.80 bits per heavy atom. The highest BCUT2D eigenvalue weighted by atomic mass is 16.1. The Hall–Kier alpha value is -2.43. The maximum atomic E-state index is 12.2. The highest BCUT2D eigenvalue weighted by Crippen LogP contribution is 2.10. The summed E-state index contributed by atoms with van der Waals surface area (Å²) >= 11 is 0. The number of hydrogen-bond donors (Lipinski definition) is 2. The van der Waals surface area contributed by atoms with Crippen LogP contribution < -0.4 is 10.6 Å². The second kappa shape index (κ2) is 6.65. The number of rotatable bonds is 5. The molecule has 0 bridgehead atoms. The van der Waals surface area contributed by atoms with E-state index in [-0.39, 0.29) is 11.9 Å². The molecule has 1 atom stereocenters. The van der Waals surface area contributed by atoms with Gasteiger partial charge in [0.1, 0.15) is 11.5 Å². The molecule has 1 amide bonds. The Bertz CT molecular complexity index is 571. The SMILES string of the molecule is CCNc1cccc(C(=O)NC(C)c2ccccn2)n1. The van der Waals surface area contributed by atoms with Crippen LogP contribution in [-0.2, 0) is 0 Å². The summed E-state index contributed by atoms with van der Waals surface area (Å²) in [6.45, 7) is 4.65. The minimum absolute atomic E-state index is 0.159. The lowest BCUT2D eigenvalue weighted by Crippen LogP contribution is -2.28. The fraction of sp³-hybridized carbons (Fsp3) is 0.267. The van der Waals surface area contributed by atoms with Gasteiger partial charge in [-0.05, 0) is 38.1 Å². The van der Waals surface area contributed by atoms with Crippen molar-refractivity contribution in [3.8, 4) is 0 Å². The number of nitrogens with zero attached hydrogens (tertiary/aromatic N) is 2. The number of aromatic nitrogens is 2. The summed E-state index contributed by atoms with van der Waals surface area (Å²) in [6, 6.07) is 10.8. The van der Waals surface area contributed by atoms with Crippen molar-refractivity contribution in [2.75, 3.05) is 11.9 Å². The fourth-order valence-electron chi connectivity index (χ4n) is 1.82. The molecule has 0 aliphatic heterocycles. The quantitative estimate of drug-likeness (QED) is 0.875. The topological polar surface area (TPSA) is 66.9 Å². The summed E-state index contributed by atoms with van der Waals surface area (Å²) in [6.07, 6.45) is 1.71. The Kier molecular flexibility index (Phi) is 4.65. The van der Waals surface area contributed by atoms with Crippen LogP contribution in [0.25, 0.3) is 0 Å². The predicted molar refractivity (Wildman–Crippen MR) is 78.5 cm³/mol. The van der Waals surface area contributed by atoms with Crippen molar-refractivity contribution < 1.29 is 4.79 Å². The third-order valence-electron chi connectivity index (χ3n) is 2.82. The Balaban J connectivity index is 2.06.